The van der Waals surface area contributed by atoms with Gasteiger partial charge in [0.15, 0.2) is 0 Å². The lowest BCUT2D eigenvalue weighted by Crippen LogP contribution is -2.38. The molecule has 2 amide bonds. The molecule has 58 heavy (non-hydrogen) atoms. The number of carbonyl (C=O) groups is 1. The molecular weight excluding hydrogens is 757 g/mol. The van der Waals surface area contributed by atoms with Gasteiger partial charge in [0, 0.05) is 79.6 Å². The van der Waals surface area contributed by atoms with Crippen molar-refractivity contribution >= 4 is 47.2 Å². The first-order valence-electron chi connectivity index (χ1n) is 19.1. The Hall–Kier alpha value is -6.02. The SMILES string of the molecule is COc1cc(Nc2nccc(Oc3ccc(NC(=O)Nc4cc(C(C)C)nn4-c4cccc(CP(C)(C)=O)c4)c4ncccc34)n2)cc(OCCN2CCOCC2)c1. The zero-order valence-corrected chi connectivity index (χ0v) is 34.2. The minimum atomic E-state index is -2.30. The van der Waals surface area contributed by atoms with Gasteiger partial charge in [0.25, 0.3) is 0 Å². The van der Waals surface area contributed by atoms with Crippen LogP contribution in [-0.2, 0) is 15.5 Å². The summed E-state index contributed by atoms with van der Waals surface area (Å²) in [7, 11) is -0.693. The van der Waals surface area contributed by atoms with Gasteiger partial charge in [-0.2, -0.15) is 10.1 Å². The van der Waals surface area contributed by atoms with Crippen molar-refractivity contribution in [3.05, 3.63) is 103 Å². The maximum Gasteiger partial charge on any atom is 0.324 e. The first-order valence-corrected chi connectivity index (χ1v) is 21.9. The maximum absolute atomic E-state index is 13.6. The van der Waals surface area contributed by atoms with Gasteiger partial charge in [-0.1, -0.05) is 26.0 Å². The summed E-state index contributed by atoms with van der Waals surface area (Å²) in [4.78, 5) is 29.5. The molecule has 1 saturated heterocycles. The summed E-state index contributed by atoms with van der Waals surface area (Å²) >= 11 is 0. The average molecular weight is 806 g/mol. The Bertz CT molecular complexity index is 2430. The Kier molecular flexibility index (Phi) is 12.5. The van der Waals surface area contributed by atoms with Crippen molar-refractivity contribution in [2.24, 2.45) is 0 Å². The molecule has 1 aliphatic heterocycles. The lowest BCUT2D eigenvalue weighted by molar-refractivity contribution is 0.0322. The normalized spacial score (nSPS) is 13.3. The van der Waals surface area contributed by atoms with Crippen LogP contribution < -0.4 is 30.2 Å². The van der Waals surface area contributed by atoms with Crippen LogP contribution >= 0.6 is 7.14 Å². The van der Waals surface area contributed by atoms with Crippen LogP contribution in [0, 0.1) is 0 Å². The molecule has 3 aromatic carbocycles. The lowest BCUT2D eigenvalue weighted by atomic mass is 10.1. The number of anilines is 4. The van der Waals surface area contributed by atoms with Gasteiger partial charge in [0.05, 0.1) is 50.1 Å². The van der Waals surface area contributed by atoms with E-state index in [0.29, 0.717) is 69.9 Å². The summed E-state index contributed by atoms with van der Waals surface area (Å²) in [6.45, 7) is 12.2. The predicted octanol–water partition coefficient (Wildman–Crippen LogP) is 8.36. The number of amides is 2. The fourth-order valence-corrected chi connectivity index (χ4v) is 7.54. The number of hydrogen-bond donors (Lipinski definition) is 3. The predicted molar refractivity (Wildman–Crippen MR) is 226 cm³/mol. The molecule has 0 aliphatic carbocycles. The van der Waals surface area contributed by atoms with E-state index in [1.54, 1.807) is 61.8 Å². The Labute approximate surface area is 337 Å². The van der Waals surface area contributed by atoms with Crippen molar-refractivity contribution in [1.82, 2.24) is 29.6 Å². The highest BCUT2D eigenvalue weighted by atomic mass is 31.2. The second kappa shape index (κ2) is 18.1. The van der Waals surface area contributed by atoms with Crippen LogP contribution in [0.1, 0.15) is 31.0 Å². The second-order valence-electron chi connectivity index (χ2n) is 14.7. The molecule has 6 aromatic rings. The standard InChI is InChI=1S/C42H48N9O6P/c1-28(2)36-26-38(51(49-36)31-9-6-8-29(22-31)27-58(4,5)53)47-42(52)46-35-11-12-37(34-10-7-14-43-40(34)35)57-39-13-15-44-41(48-39)45-30-23-32(54-3)25-33(24-30)56-21-18-50-16-19-55-20-17-50/h6-15,22-26,28H,16-21,27H2,1-5H3,(H,44,45,48)(H2,46,47,52). The molecule has 16 heteroatoms. The molecule has 3 N–H and O–H groups in total. The summed E-state index contributed by atoms with van der Waals surface area (Å²) in [6.07, 6.45) is 3.72. The third-order valence-corrected chi connectivity index (χ3v) is 10.4. The molecule has 4 heterocycles. The van der Waals surface area contributed by atoms with E-state index in [-0.39, 0.29) is 5.92 Å². The number of methoxy groups -OCH3 is 1. The van der Waals surface area contributed by atoms with Gasteiger partial charge in [-0.05, 0) is 61.2 Å². The summed E-state index contributed by atoms with van der Waals surface area (Å²) in [5.41, 5.74) is 4.18. The number of morpholine rings is 1. The summed E-state index contributed by atoms with van der Waals surface area (Å²) < 4.78 is 37.6. The minimum absolute atomic E-state index is 0.118. The number of urea groups is 1. The van der Waals surface area contributed by atoms with Gasteiger partial charge in [-0.25, -0.2) is 14.5 Å². The molecule has 302 valence electrons. The summed E-state index contributed by atoms with van der Waals surface area (Å²) in [5.74, 6) is 2.97. The van der Waals surface area contributed by atoms with Crippen molar-refractivity contribution in [3.8, 4) is 28.8 Å². The Balaban J connectivity index is 1.05. The van der Waals surface area contributed by atoms with E-state index in [2.05, 4.69) is 35.8 Å². The average Bonchev–Trinajstić information content (AvgIpc) is 3.63. The molecule has 0 saturated carbocycles. The third kappa shape index (κ3) is 10.5. The van der Waals surface area contributed by atoms with Crippen LogP contribution in [0.2, 0.25) is 0 Å². The van der Waals surface area contributed by atoms with E-state index in [0.717, 1.165) is 49.8 Å². The topological polar surface area (TPSA) is 167 Å². The number of nitrogens with zero attached hydrogens (tertiary/aromatic N) is 6. The number of rotatable bonds is 15. The highest BCUT2D eigenvalue weighted by Gasteiger charge is 2.18. The fourth-order valence-electron chi connectivity index (χ4n) is 6.46. The zero-order chi connectivity index (χ0) is 40.6. The number of carbonyl (C=O) groups excluding carboxylic acids is 1. The monoisotopic (exact) mass is 805 g/mol. The van der Waals surface area contributed by atoms with Crippen molar-refractivity contribution in [2.75, 3.05) is 75.8 Å². The zero-order valence-electron chi connectivity index (χ0n) is 33.3. The molecule has 0 bridgehead atoms. The quantitative estimate of drug-likeness (QED) is 0.0851. The molecule has 1 aliphatic rings. The first-order chi connectivity index (χ1) is 28.0. The van der Waals surface area contributed by atoms with E-state index in [1.165, 1.54) is 0 Å². The van der Waals surface area contributed by atoms with Crippen molar-refractivity contribution in [1.29, 1.82) is 0 Å². The van der Waals surface area contributed by atoms with Gasteiger partial charge in [0.2, 0.25) is 11.8 Å². The molecule has 3 aromatic heterocycles. The van der Waals surface area contributed by atoms with Crippen LogP contribution in [0.3, 0.4) is 0 Å². The van der Waals surface area contributed by atoms with Crippen molar-refractivity contribution < 1.29 is 28.3 Å². The van der Waals surface area contributed by atoms with Crippen LogP contribution in [0.15, 0.2) is 91.3 Å². The molecular formula is C42H48N9O6P. The molecule has 7 rings (SSSR count). The smallest absolute Gasteiger partial charge is 0.324 e. The van der Waals surface area contributed by atoms with Gasteiger partial charge >= 0.3 is 6.03 Å². The number of ether oxygens (including phenoxy) is 4. The van der Waals surface area contributed by atoms with Crippen LogP contribution in [0.4, 0.5) is 27.9 Å². The molecule has 0 unspecified atom stereocenters. The lowest BCUT2D eigenvalue weighted by Gasteiger charge is -2.26. The Morgan fingerprint density at radius 1 is 0.931 bits per heavy atom. The molecule has 0 radical (unpaired) electrons. The molecule has 0 atom stereocenters. The van der Waals surface area contributed by atoms with Gasteiger partial charge in [-0.3, -0.25) is 15.2 Å². The number of nitrogens with one attached hydrogen (secondary N) is 3. The fraction of sp³-hybridized carbons (Fsp3) is 0.310. The highest BCUT2D eigenvalue weighted by Crippen LogP contribution is 2.41. The van der Waals surface area contributed by atoms with Crippen molar-refractivity contribution in [3.63, 3.8) is 0 Å². The number of fused-ring (bicyclic) bond motifs is 1. The van der Waals surface area contributed by atoms with Crippen LogP contribution in [0.25, 0.3) is 16.6 Å². The van der Waals surface area contributed by atoms with E-state index in [9.17, 15) is 9.36 Å². The largest absolute Gasteiger partial charge is 0.497 e. The summed E-state index contributed by atoms with van der Waals surface area (Å²) in [5, 5.41) is 14.6. The Morgan fingerprint density at radius 3 is 2.55 bits per heavy atom. The number of hydrogen-bond acceptors (Lipinski definition) is 12. The third-order valence-electron chi connectivity index (χ3n) is 9.25. The molecule has 0 spiro atoms. The Morgan fingerprint density at radius 2 is 1.76 bits per heavy atom. The minimum Gasteiger partial charge on any atom is -0.497 e. The number of pyridine rings is 1. The number of aromatic nitrogens is 5. The number of benzene rings is 3. The van der Waals surface area contributed by atoms with E-state index < -0.39 is 13.2 Å². The van der Waals surface area contributed by atoms with Crippen LogP contribution in [-0.4, -0.2) is 95.6 Å². The van der Waals surface area contributed by atoms with Gasteiger partial charge in [0.1, 0.15) is 29.7 Å². The first kappa shape index (κ1) is 40.2. The molecule has 15 nitrogen and oxygen atoms in total. The van der Waals surface area contributed by atoms with E-state index >= 15 is 0 Å². The second-order valence-corrected chi connectivity index (χ2v) is 18.1. The van der Waals surface area contributed by atoms with Crippen molar-refractivity contribution in [2.45, 2.75) is 25.9 Å². The highest BCUT2D eigenvalue weighted by molar-refractivity contribution is 7.61. The van der Waals surface area contributed by atoms with E-state index in [1.807, 2.05) is 68.4 Å². The van der Waals surface area contributed by atoms with Gasteiger partial charge < -0.3 is 34.1 Å². The summed E-state index contributed by atoms with van der Waals surface area (Å²) in [6, 6.07) is 23.4. The van der Waals surface area contributed by atoms with E-state index in [4.69, 9.17) is 24.0 Å². The van der Waals surface area contributed by atoms with Gasteiger partial charge in [-0.15, -0.1) is 0 Å². The van der Waals surface area contributed by atoms with Crippen LogP contribution in [0.5, 0.6) is 23.1 Å². The maximum atomic E-state index is 13.6. The molecule has 1 fully saturated rings.